The molecule has 520 valence electrons. The van der Waals surface area contributed by atoms with Crippen LogP contribution in [0.25, 0.3) is 10.8 Å². The molecule has 6 fully saturated rings. The number of phenols is 2. The summed E-state index contributed by atoms with van der Waals surface area (Å²) in [7, 11) is 4.33. The van der Waals surface area contributed by atoms with Crippen LogP contribution in [0.4, 0.5) is 0 Å². The zero-order chi connectivity index (χ0) is 66.1. The minimum atomic E-state index is -1.13. The van der Waals surface area contributed by atoms with Crippen molar-refractivity contribution in [3.63, 3.8) is 0 Å². The quantitative estimate of drug-likeness (QED) is 0.0469. The molecular formula is C76H105N3O14S2. The predicted molar refractivity (Wildman–Crippen MR) is 368 cm³/mol. The number of aliphatic hydroxyl groups is 6. The molecule has 10 N–H and O–H groups in total. The van der Waals surface area contributed by atoms with Crippen LogP contribution in [0.1, 0.15) is 201 Å². The van der Waals surface area contributed by atoms with Gasteiger partial charge in [0.2, 0.25) is 11.7 Å². The predicted octanol–water partition coefficient (Wildman–Crippen LogP) is 11.8. The second-order valence-corrected chi connectivity index (χ2v) is 33.1. The van der Waals surface area contributed by atoms with Crippen molar-refractivity contribution in [1.82, 2.24) is 15.2 Å². The molecule has 16 atom stereocenters. The maximum atomic E-state index is 14.6. The van der Waals surface area contributed by atoms with Crippen molar-refractivity contribution in [2.45, 2.75) is 240 Å². The smallest absolute Gasteiger partial charge is 0.226 e. The summed E-state index contributed by atoms with van der Waals surface area (Å²) in [4.78, 5) is 14.6. The number of aliphatic hydroxyl groups excluding tert-OH is 6. The van der Waals surface area contributed by atoms with Crippen LogP contribution < -0.4 is 24.8 Å². The number of carbonyl (C=O) groups is 1. The Bertz CT molecular complexity index is 3360. The van der Waals surface area contributed by atoms with Gasteiger partial charge < -0.3 is 79.7 Å². The van der Waals surface area contributed by atoms with Crippen molar-refractivity contribution in [2.75, 3.05) is 39.6 Å². The molecule has 1 saturated heterocycles. The minimum absolute atomic E-state index is 0.00235. The lowest BCUT2D eigenvalue weighted by atomic mass is 9.38. The van der Waals surface area contributed by atoms with Gasteiger partial charge in [-0.3, -0.25) is 4.79 Å². The molecule has 1 aromatic heterocycles. The number of carbonyl (C=O) groups excluding carboxylic acids is 1. The number of rotatable bonds is 7. The molecule has 1 amide bonds. The summed E-state index contributed by atoms with van der Waals surface area (Å²) in [6.07, 6.45) is 21.6. The van der Waals surface area contributed by atoms with Crippen LogP contribution in [0.2, 0.25) is 0 Å². The van der Waals surface area contributed by atoms with Crippen molar-refractivity contribution in [1.29, 1.82) is 0 Å². The summed E-state index contributed by atoms with van der Waals surface area (Å²) in [6.45, 7) is 2.80. The molecule has 15 rings (SSSR count). The van der Waals surface area contributed by atoms with Gasteiger partial charge in [-0.15, -0.1) is 5.92 Å². The van der Waals surface area contributed by atoms with Gasteiger partial charge in [-0.05, 0) is 210 Å². The monoisotopic (exact) mass is 1350 g/mol. The third-order valence-electron chi connectivity index (χ3n) is 25.2. The highest BCUT2D eigenvalue weighted by atomic mass is 33.1. The van der Waals surface area contributed by atoms with Crippen molar-refractivity contribution in [2.24, 2.45) is 51.8 Å². The van der Waals surface area contributed by atoms with E-state index in [1.54, 1.807) is 12.1 Å². The van der Waals surface area contributed by atoms with Gasteiger partial charge in [-0.1, -0.05) is 97.6 Å². The van der Waals surface area contributed by atoms with E-state index < -0.39 is 60.7 Å². The first-order valence-electron chi connectivity index (χ1n) is 36.2. The standard InChI is InChI=1S/C76H105N3O14S2/c1-47-15-20-59-50-21-28-75-39-54(19-17-52(75)40-77-73(22-5-3-6-23-73)24-11-27-76(59,75)38-47)93-66-34-49-16-18-53(91-45-80)35-61(82)57(30-48-31-67(89-2)71(87)68(32-48)92-46-81)65(86)43-94-95-69(56(49)36-63(66)84)37-62(83)55-13-9-12-51-41-79(42-58(51)55)44-90-29-10-14-60-70(64(85)33-50)74(72(88)78-60)25-7-4-8-26-74/h9,12-13,31-32,34,36,41-42,47,50,52-54,57,59-62,64-65,69-70,77,80-87H,3-8,10,14-26,28-30,33,35,37-40,43-46H2,1-2H3,(H,78,88). The molecule has 95 heavy (non-hydrogen) atoms. The second-order valence-electron chi connectivity index (χ2n) is 30.5. The van der Waals surface area contributed by atoms with E-state index in [0.29, 0.717) is 55.4 Å². The van der Waals surface area contributed by atoms with E-state index in [1.807, 2.05) is 47.3 Å². The molecular weight excluding hydrogens is 1240 g/mol. The van der Waals surface area contributed by atoms with Gasteiger partial charge in [0.15, 0.2) is 29.8 Å². The van der Waals surface area contributed by atoms with Gasteiger partial charge in [0, 0.05) is 70.6 Å². The van der Waals surface area contributed by atoms with Crippen molar-refractivity contribution in [3.8, 4) is 40.6 Å². The van der Waals surface area contributed by atoms with Crippen LogP contribution >= 0.6 is 21.6 Å². The molecule has 0 radical (unpaired) electrons. The number of nitrogens with one attached hydrogen (secondary N) is 2. The molecule has 11 aliphatic rings. The van der Waals surface area contributed by atoms with Crippen molar-refractivity contribution in [3.05, 3.63) is 77.1 Å². The molecule has 6 aliphatic heterocycles. The van der Waals surface area contributed by atoms with Gasteiger partial charge in [0.05, 0.1) is 49.1 Å². The molecule has 17 nitrogen and oxygen atoms in total. The average molecular weight is 1350 g/mol. The lowest BCUT2D eigenvalue weighted by molar-refractivity contribution is -0.163. The maximum absolute atomic E-state index is 14.6. The Morgan fingerprint density at radius 1 is 0.800 bits per heavy atom. The lowest BCUT2D eigenvalue weighted by Crippen LogP contribution is -2.63. The number of nitrogens with zero attached hydrogens (tertiary/aromatic N) is 1. The summed E-state index contributed by atoms with van der Waals surface area (Å²) < 4.78 is 32.8. The number of aromatic hydroxyl groups is 2. The zero-order valence-electron chi connectivity index (χ0n) is 55.9. The van der Waals surface area contributed by atoms with E-state index in [-0.39, 0.29) is 107 Å². The van der Waals surface area contributed by atoms with Crippen LogP contribution in [0.3, 0.4) is 0 Å². The number of aryl methyl sites for hydroxylation is 1. The Morgan fingerprint density at radius 2 is 1.61 bits per heavy atom. The highest BCUT2D eigenvalue weighted by Crippen LogP contribution is 2.70. The van der Waals surface area contributed by atoms with Crippen LogP contribution in [-0.4, -0.2) is 133 Å². The fraction of sp³-hybridized carbons (Fsp3) is 0.697. The first kappa shape index (κ1) is 69.1. The number of ether oxygens (including phenoxy) is 5. The van der Waals surface area contributed by atoms with Crippen LogP contribution in [0.15, 0.2) is 54.9 Å². The van der Waals surface area contributed by atoms with Gasteiger partial charge in [-0.2, -0.15) is 0 Å². The maximum Gasteiger partial charge on any atom is 0.226 e. The van der Waals surface area contributed by atoms with Gasteiger partial charge in [0.25, 0.3) is 0 Å². The Morgan fingerprint density at radius 3 is 2.41 bits per heavy atom. The normalized spacial score (nSPS) is 35.5. The topological polar surface area (TPSA) is 254 Å². The van der Waals surface area contributed by atoms with Crippen LogP contribution in [-0.2, 0) is 33.8 Å². The Balaban J connectivity index is 0.890. The number of fused-ring (bicyclic) bond motifs is 1. The molecule has 7 heterocycles. The Labute approximate surface area is 569 Å². The molecule has 16 unspecified atom stereocenters. The highest BCUT2D eigenvalue weighted by Gasteiger charge is 2.66. The molecule has 3 aromatic carbocycles. The van der Waals surface area contributed by atoms with Crippen LogP contribution in [0.5, 0.6) is 28.7 Å². The number of hydrogen-bond donors (Lipinski definition) is 10. The number of methoxy groups -OCH3 is 1. The van der Waals surface area contributed by atoms with E-state index in [4.69, 9.17) is 23.7 Å². The second kappa shape index (κ2) is 29.8. The number of hydrogen-bond acceptors (Lipinski definition) is 17. The molecule has 4 aromatic rings. The summed E-state index contributed by atoms with van der Waals surface area (Å²) in [6, 6.07) is 12.8. The van der Waals surface area contributed by atoms with Crippen molar-refractivity contribution >= 4 is 38.3 Å². The lowest BCUT2D eigenvalue weighted by Gasteiger charge is -2.65. The summed E-state index contributed by atoms with van der Waals surface area (Å²) in [5.74, 6) is 9.15. The molecule has 5 saturated carbocycles. The minimum Gasteiger partial charge on any atom is -0.504 e. The Hall–Kier alpha value is -4.43. The first-order valence-corrected chi connectivity index (χ1v) is 38.6. The summed E-state index contributed by atoms with van der Waals surface area (Å²) in [5, 5.41) is 103. The van der Waals surface area contributed by atoms with E-state index in [0.717, 1.165) is 143 Å². The molecule has 5 aliphatic carbocycles. The number of aromatic nitrogens is 1. The highest BCUT2D eigenvalue weighted by molar-refractivity contribution is 8.76. The summed E-state index contributed by atoms with van der Waals surface area (Å²) in [5.41, 5.74) is 1.81. The van der Waals surface area contributed by atoms with E-state index in [1.165, 1.54) is 48.0 Å². The first-order chi connectivity index (χ1) is 46.1. The van der Waals surface area contributed by atoms with Gasteiger partial charge in [-0.25, -0.2) is 0 Å². The number of benzene rings is 3. The van der Waals surface area contributed by atoms with Gasteiger partial charge in [0.1, 0.15) is 13.5 Å². The third kappa shape index (κ3) is 14.0. The summed E-state index contributed by atoms with van der Waals surface area (Å²) >= 11 is 0. The zero-order valence-corrected chi connectivity index (χ0v) is 57.5. The average Bonchev–Trinajstić information content (AvgIpc) is 1.10. The largest absolute Gasteiger partial charge is 0.504 e. The van der Waals surface area contributed by atoms with Crippen LogP contribution in [0, 0.1) is 63.6 Å². The van der Waals surface area contributed by atoms with E-state index in [2.05, 4.69) is 29.4 Å². The van der Waals surface area contributed by atoms with Crippen molar-refractivity contribution < 1.29 is 69.3 Å². The fourth-order valence-corrected chi connectivity index (χ4v) is 23.5. The fourth-order valence-electron chi connectivity index (χ4n) is 20.6. The molecule has 4 spiro atoms. The van der Waals surface area contributed by atoms with Gasteiger partial charge >= 0.3 is 0 Å². The number of phenolic OH excluding ortho intramolecular Hbond substituents is 2. The third-order valence-corrected chi connectivity index (χ3v) is 28.0. The number of amides is 1. The Kier molecular flexibility index (Phi) is 21.7. The van der Waals surface area contributed by atoms with E-state index in [9.17, 15) is 45.6 Å². The molecule has 19 heteroatoms. The SMILES string of the molecule is COc1cc(CC2C(O)CSSC3CC(O)c4cccc5cn(cc45)COCCCC4NC(=O)C5(CCCCC5)C4C(O)CC4CCC56CC(CCC5CNC5(CC#CC67CC(C)CCC47)CCCCC5)Oc4cc(c3cc4O)CCC(OCO)CC2O)cc(OCO)c1O. The molecule has 9 bridgehead atoms. The van der Waals surface area contributed by atoms with E-state index >= 15 is 0 Å².